The van der Waals surface area contributed by atoms with Crippen LogP contribution in [0.15, 0.2) is 16.6 Å². The van der Waals surface area contributed by atoms with Gasteiger partial charge in [-0.2, -0.15) is 0 Å². The van der Waals surface area contributed by atoms with E-state index in [1.54, 1.807) is 0 Å². The molecule has 7 heavy (non-hydrogen) atoms. The smallest absolute Gasteiger partial charge is 0.0426 e. The first-order valence-electron chi connectivity index (χ1n) is 2.55. The van der Waals surface area contributed by atoms with Crippen LogP contribution in [-0.4, -0.2) is 12.8 Å². The van der Waals surface area contributed by atoms with Gasteiger partial charge in [0.15, 0.2) is 0 Å². The molecule has 0 radical (unpaired) electrons. The van der Waals surface area contributed by atoms with Crippen molar-refractivity contribution in [3.63, 3.8) is 0 Å². The highest BCUT2D eigenvalue weighted by Gasteiger charge is 1.89. The molecule has 38 valence electrons. The van der Waals surface area contributed by atoms with E-state index in [4.69, 9.17) is 0 Å². The number of aliphatic imine (C=N–C) groups is 1. The van der Waals surface area contributed by atoms with Gasteiger partial charge in [0, 0.05) is 12.8 Å². The highest BCUT2D eigenvalue weighted by Crippen LogP contribution is 2.01. The van der Waals surface area contributed by atoms with Crippen molar-refractivity contribution in [2.24, 2.45) is 4.99 Å². The van der Waals surface area contributed by atoms with Crippen molar-refractivity contribution >= 4 is 6.21 Å². The second kappa shape index (κ2) is 1.92. The average Bonchev–Trinajstić information content (AvgIpc) is 1.69. The van der Waals surface area contributed by atoms with Gasteiger partial charge in [0.25, 0.3) is 0 Å². The molecule has 1 heterocycles. The Kier molecular flexibility index (Phi) is 1.25. The number of nitrogens with zero attached hydrogens (tertiary/aromatic N) is 1. The normalized spacial score (nSPS) is 19.3. The van der Waals surface area contributed by atoms with Crippen LogP contribution in [0.1, 0.15) is 13.3 Å². The number of hydrogen-bond acceptors (Lipinski definition) is 1. The lowest BCUT2D eigenvalue weighted by Crippen LogP contribution is -1.89. The lowest BCUT2D eigenvalue weighted by Gasteiger charge is -1.98. The van der Waals surface area contributed by atoms with E-state index in [0.29, 0.717) is 0 Å². The van der Waals surface area contributed by atoms with Gasteiger partial charge in [0.1, 0.15) is 0 Å². The van der Waals surface area contributed by atoms with Crippen LogP contribution in [0.4, 0.5) is 0 Å². The molecule has 0 atom stereocenters. The Morgan fingerprint density at radius 3 is 2.86 bits per heavy atom. The van der Waals surface area contributed by atoms with Gasteiger partial charge in [-0.25, -0.2) is 0 Å². The topological polar surface area (TPSA) is 12.4 Å². The maximum Gasteiger partial charge on any atom is 0.0426 e. The zero-order valence-corrected chi connectivity index (χ0v) is 4.52. The van der Waals surface area contributed by atoms with Gasteiger partial charge in [-0.15, -0.1) is 0 Å². The van der Waals surface area contributed by atoms with E-state index in [1.807, 2.05) is 6.21 Å². The standard InChI is InChI=1S/C6H9N/c1-6-2-4-7-5-3-6/h2,4H,3,5H2,1H3. The number of hydrogen-bond donors (Lipinski definition) is 0. The molecule has 1 heteroatoms. The predicted molar refractivity (Wildman–Crippen MR) is 31.7 cm³/mol. The van der Waals surface area contributed by atoms with Gasteiger partial charge >= 0.3 is 0 Å². The minimum atomic E-state index is 0.988. The average molecular weight is 95.1 g/mol. The van der Waals surface area contributed by atoms with Gasteiger partial charge in [-0.05, 0) is 19.4 Å². The lowest BCUT2D eigenvalue weighted by atomic mass is 10.2. The molecule has 1 aliphatic heterocycles. The minimum Gasteiger partial charge on any atom is -0.293 e. The van der Waals surface area contributed by atoms with Crippen LogP contribution < -0.4 is 0 Å². The molecule has 1 aliphatic rings. The van der Waals surface area contributed by atoms with Gasteiger partial charge < -0.3 is 0 Å². The molecule has 0 bridgehead atoms. The third-order valence-corrected chi connectivity index (χ3v) is 1.10. The third-order valence-electron chi connectivity index (χ3n) is 1.10. The van der Waals surface area contributed by atoms with E-state index in [1.165, 1.54) is 5.57 Å². The number of dihydropyridines is 1. The molecule has 0 unspecified atom stereocenters. The zero-order valence-electron chi connectivity index (χ0n) is 4.52. The molecule has 0 aromatic rings. The fraction of sp³-hybridized carbons (Fsp3) is 0.500. The van der Waals surface area contributed by atoms with Gasteiger partial charge in [-0.1, -0.05) is 5.57 Å². The second-order valence-electron chi connectivity index (χ2n) is 1.82. The maximum absolute atomic E-state index is 4.03. The quantitative estimate of drug-likeness (QED) is 0.431. The molecule has 0 amide bonds. The zero-order chi connectivity index (χ0) is 5.11. The first-order valence-corrected chi connectivity index (χ1v) is 2.55. The third kappa shape index (κ3) is 1.15. The van der Waals surface area contributed by atoms with Gasteiger partial charge in [-0.3, -0.25) is 4.99 Å². The predicted octanol–water partition coefficient (Wildman–Crippen LogP) is 1.41. The summed E-state index contributed by atoms with van der Waals surface area (Å²) in [4.78, 5) is 4.03. The van der Waals surface area contributed by atoms with E-state index < -0.39 is 0 Å². The Labute approximate surface area is 43.8 Å². The summed E-state index contributed by atoms with van der Waals surface area (Å²) in [5.74, 6) is 0. The summed E-state index contributed by atoms with van der Waals surface area (Å²) in [7, 11) is 0. The van der Waals surface area contributed by atoms with Crippen molar-refractivity contribution in [3.8, 4) is 0 Å². The van der Waals surface area contributed by atoms with E-state index in [0.717, 1.165) is 13.0 Å². The Morgan fingerprint density at radius 1 is 1.71 bits per heavy atom. The first-order chi connectivity index (χ1) is 3.39. The summed E-state index contributed by atoms with van der Waals surface area (Å²) in [5, 5.41) is 0. The Bertz CT molecular complexity index is 111. The van der Waals surface area contributed by atoms with E-state index in [-0.39, 0.29) is 0 Å². The highest BCUT2D eigenvalue weighted by atomic mass is 14.7. The van der Waals surface area contributed by atoms with Crippen molar-refractivity contribution < 1.29 is 0 Å². The SMILES string of the molecule is CC1=CC=NCC1. The Balaban J connectivity index is 2.57. The minimum absolute atomic E-state index is 0.988. The van der Waals surface area contributed by atoms with Gasteiger partial charge in [0.05, 0.1) is 0 Å². The lowest BCUT2D eigenvalue weighted by molar-refractivity contribution is 0.943. The van der Waals surface area contributed by atoms with Crippen molar-refractivity contribution in [2.75, 3.05) is 6.54 Å². The maximum atomic E-state index is 4.03. The van der Waals surface area contributed by atoms with Crippen molar-refractivity contribution in [3.05, 3.63) is 11.6 Å². The largest absolute Gasteiger partial charge is 0.293 e. The summed E-state index contributed by atoms with van der Waals surface area (Å²) in [6.07, 6.45) is 5.08. The molecule has 0 aliphatic carbocycles. The summed E-state index contributed by atoms with van der Waals surface area (Å²) in [6.45, 7) is 3.12. The fourth-order valence-corrected chi connectivity index (χ4v) is 0.579. The summed E-state index contributed by atoms with van der Waals surface area (Å²) in [5.41, 5.74) is 1.44. The summed E-state index contributed by atoms with van der Waals surface area (Å²) >= 11 is 0. The highest BCUT2D eigenvalue weighted by molar-refractivity contribution is 5.72. The van der Waals surface area contributed by atoms with Crippen LogP contribution in [0.3, 0.4) is 0 Å². The van der Waals surface area contributed by atoms with Crippen LogP contribution in [0.25, 0.3) is 0 Å². The van der Waals surface area contributed by atoms with Gasteiger partial charge in [0.2, 0.25) is 0 Å². The molecular weight excluding hydrogens is 86.1 g/mol. The molecule has 0 aromatic carbocycles. The number of allylic oxidation sites excluding steroid dienone is 1. The fourth-order valence-electron chi connectivity index (χ4n) is 0.579. The van der Waals surface area contributed by atoms with Crippen molar-refractivity contribution in [2.45, 2.75) is 13.3 Å². The van der Waals surface area contributed by atoms with Crippen LogP contribution in [0.2, 0.25) is 0 Å². The van der Waals surface area contributed by atoms with E-state index in [9.17, 15) is 0 Å². The van der Waals surface area contributed by atoms with E-state index >= 15 is 0 Å². The summed E-state index contributed by atoms with van der Waals surface area (Å²) < 4.78 is 0. The first kappa shape index (κ1) is 4.57. The Hall–Kier alpha value is -0.590. The summed E-state index contributed by atoms with van der Waals surface area (Å²) in [6, 6.07) is 0. The van der Waals surface area contributed by atoms with Crippen molar-refractivity contribution in [1.82, 2.24) is 0 Å². The second-order valence-corrected chi connectivity index (χ2v) is 1.82. The molecule has 1 nitrogen and oxygen atoms in total. The molecule has 0 fully saturated rings. The molecular formula is C6H9N. The van der Waals surface area contributed by atoms with Crippen LogP contribution >= 0.6 is 0 Å². The molecule has 0 N–H and O–H groups in total. The molecule has 0 spiro atoms. The van der Waals surface area contributed by atoms with Crippen molar-refractivity contribution in [1.29, 1.82) is 0 Å². The molecule has 0 aromatic heterocycles. The number of rotatable bonds is 0. The van der Waals surface area contributed by atoms with Crippen LogP contribution in [0, 0.1) is 0 Å². The van der Waals surface area contributed by atoms with E-state index in [2.05, 4.69) is 18.0 Å². The monoisotopic (exact) mass is 95.1 g/mol. The molecule has 0 saturated carbocycles. The Morgan fingerprint density at radius 2 is 2.57 bits per heavy atom. The molecule has 0 saturated heterocycles. The van der Waals surface area contributed by atoms with Crippen LogP contribution in [-0.2, 0) is 0 Å². The van der Waals surface area contributed by atoms with Crippen LogP contribution in [0.5, 0.6) is 0 Å². The molecule has 1 rings (SSSR count).